The summed E-state index contributed by atoms with van der Waals surface area (Å²) in [7, 11) is 2.77. The maximum absolute atomic E-state index is 11.6. The molecule has 0 amide bonds. The van der Waals surface area contributed by atoms with Gasteiger partial charge in [0.05, 0.1) is 25.3 Å². The number of nitrogens with zero attached hydrogens (tertiary/aromatic N) is 2. The lowest BCUT2D eigenvalue weighted by atomic mass is 10.0. The highest BCUT2D eigenvalue weighted by atomic mass is 16.5. The molecule has 8 rings (SSSR count). The van der Waals surface area contributed by atoms with Gasteiger partial charge in [-0.3, -0.25) is 0 Å². The van der Waals surface area contributed by atoms with Gasteiger partial charge < -0.3 is 18.3 Å². The minimum Gasteiger partial charge on any atom is -0.465 e. The normalized spacial score (nSPS) is 10.6. The topological polar surface area (TPSA) is 105 Å². The molecule has 232 valence electrons. The van der Waals surface area contributed by atoms with E-state index in [0.29, 0.717) is 17.0 Å². The van der Waals surface area contributed by atoms with Crippen molar-refractivity contribution in [3.8, 4) is 11.5 Å². The molecule has 0 saturated heterocycles. The van der Waals surface area contributed by atoms with Crippen molar-refractivity contribution in [3.63, 3.8) is 0 Å². The first-order chi connectivity index (χ1) is 22.9. The number of fused-ring (bicyclic) bond motifs is 4. The molecular weight excluding hydrogens is 592 g/mol. The standard InChI is InChI=1S/C19H13NO3.C13H12O2.C7H5NO/c1-22-19(21)15-9-7-12-10-14(8-6-13(12)11-15)18-20-16-4-2-3-5-17(16)23-18;1-9-3-4-11-8-12(13(14)15-2)6-5-10(11)7-9;1-2-4-7-6(3-1)8-5-9-7/h2-11H,1H3;3-8H,1-2H3;1-5H. The number of carbonyl (C=O) groups excluding carboxylic acids is 2. The van der Waals surface area contributed by atoms with Gasteiger partial charge in [0, 0.05) is 5.56 Å². The van der Waals surface area contributed by atoms with Gasteiger partial charge in [-0.05, 0) is 89.1 Å². The highest BCUT2D eigenvalue weighted by Gasteiger charge is 2.10. The molecule has 0 N–H and O–H groups in total. The summed E-state index contributed by atoms with van der Waals surface area (Å²) in [5.74, 6) is -0.0439. The molecule has 8 aromatic rings. The molecular formula is C39H30N2O6. The predicted octanol–water partition coefficient (Wildman–Crippen LogP) is 9.20. The number of methoxy groups -OCH3 is 2. The van der Waals surface area contributed by atoms with E-state index in [1.807, 2.05) is 110 Å². The van der Waals surface area contributed by atoms with E-state index in [2.05, 4.69) is 20.8 Å². The van der Waals surface area contributed by atoms with Crippen molar-refractivity contribution in [1.82, 2.24) is 9.97 Å². The smallest absolute Gasteiger partial charge is 0.337 e. The summed E-state index contributed by atoms with van der Waals surface area (Å²) in [6, 6.07) is 38.4. The maximum atomic E-state index is 11.6. The number of oxazole rings is 2. The second kappa shape index (κ2) is 13.8. The third-order valence-electron chi connectivity index (χ3n) is 7.46. The minimum atomic E-state index is -0.338. The molecule has 2 heterocycles. The molecule has 0 fully saturated rings. The van der Waals surface area contributed by atoms with Gasteiger partial charge in [-0.15, -0.1) is 0 Å². The molecule has 2 aromatic heterocycles. The summed E-state index contributed by atoms with van der Waals surface area (Å²) in [6.45, 7) is 2.05. The minimum absolute atomic E-state index is 0.294. The second-order valence-electron chi connectivity index (χ2n) is 10.6. The zero-order chi connectivity index (χ0) is 32.8. The number of hydrogen-bond donors (Lipinski definition) is 0. The summed E-state index contributed by atoms with van der Waals surface area (Å²) in [5.41, 5.74) is 6.61. The zero-order valence-corrected chi connectivity index (χ0v) is 26.0. The average molecular weight is 623 g/mol. The molecule has 0 spiro atoms. The van der Waals surface area contributed by atoms with Crippen LogP contribution in [0, 0.1) is 6.92 Å². The molecule has 6 aromatic carbocycles. The van der Waals surface area contributed by atoms with Crippen molar-refractivity contribution >= 4 is 55.7 Å². The average Bonchev–Trinajstić information content (AvgIpc) is 3.78. The number of aryl methyl sites for hydroxylation is 1. The Balaban J connectivity index is 0.000000137. The first-order valence-electron chi connectivity index (χ1n) is 14.8. The van der Waals surface area contributed by atoms with E-state index in [4.69, 9.17) is 13.6 Å². The van der Waals surface area contributed by atoms with Crippen molar-refractivity contribution in [2.24, 2.45) is 0 Å². The maximum Gasteiger partial charge on any atom is 0.337 e. The number of benzene rings is 6. The van der Waals surface area contributed by atoms with E-state index in [0.717, 1.165) is 49.3 Å². The number of aromatic nitrogens is 2. The zero-order valence-electron chi connectivity index (χ0n) is 26.0. The van der Waals surface area contributed by atoms with E-state index < -0.39 is 0 Å². The van der Waals surface area contributed by atoms with Crippen LogP contribution in [-0.2, 0) is 9.47 Å². The quantitative estimate of drug-likeness (QED) is 0.180. The Morgan fingerprint density at radius 3 is 1.79 bits per heavy atom. The van der Waals surface area contributed by atoms with Gasteiger partial charge in [0.15, 0.2) is 17.6 Å². The van der Waals surface area contributed by atoms with Gasteiger partial charge in [-0.25, -0.2) is 19.6 Å². The summed E-state index contributed by atoms with van der Waals surface area (Å²) in [5, 5.41) is 4.18. The van der Waals surface area contributed by atoms with Crippen LogP contribution in [-0.4, -0.2) is 36.1 Å². The van der Waals surface area contributed by atoms with E-state index in [1.54, 1.807) is 12.1 Å². The number of para-hydroxylation sites is 4. The van der Waals surface area contributed by atoms with Gasteiger partial charge in [0.2, 0.25) is 5.89 Å². The third kappa shape index (κ3) is 7.02. The SMILES string of the molecule is COC(=O)c1ccc2cc(-c3nc4ccccc4o3)ccc2c1.COC(=O)c1ccc2cc(C)ccc2c1.c1ccc2ocnc2c1. The number of carbonyl (C=O) groups is 2. The number of esters is 2. The van der Waals surface area contributed by atoms with Crippen LogP contribution >= 0.6 is 0 Å². The van der Waals surface area contributed by atoms with Crippen LogP contribution in [0.1, 0.15) is 26.3 Å². The van der Waals surface area contributed by atoms with Crippen LogP contribution < -0.4 is 0 Å². The Kier molecular flexibility index (Phi) is 9.02. The van der Waals surface area contributed by atoms with Crippen LogP contribution in [0.5, 0.6) is 0 Å². The molecule has 0 aliphatic rings. The van der Waals surface area contributed by atoms with Crippen molar-refractivity contribution in [1.29, 1.82) is 0 Å². The number of rotatable bonds is 3. The summed E-state index contributed by atoms with van der Waals surface area (Å²) in [4.78, 5) is 31.4. The van der Waals surface area contributed by atoms with Gasteiger partial charge in [0.1, 0.15) is 11.0 Å². The fourth-order valence-electron chi connectivity index (χ4n) is 5.03. The van der Waals surface area contributed by atoms with Gasteiger partial charge >= 0.3 is 11.9 Å². The van der Waals surface area contributed by atoms with Crippen molar-refractivity contribution < 1.29 is 27.9 Å². The van der Waals surface area contributed by atoms with Crippen LogP contribution in [0.3, 0.4) is 0 Å². The molecule has 0 radical (unpaired) electrons. The molecule has 0 unspecified atom stereocenters. The van der Waals surface area contributed by atoms with Crippen LogP contribution in [0.25, 0.3) is 55.2 Å². The number of hydrogen-bond acceptors (Lipinski definition) is 8. The molecule has 0 bridgehead atoms. The van der Waals surface area contributed by atoms with E-state index >= 15 is 0 Å². The van der Waals surface area contributed by atoms with Gasteiger partial charge in [-0.1, -0.05) is 66.2 Å². The molecule has 0 aliphatic heterocycles. The van der Waals surface area contributed by atoms with Crippen LogP contribution in [0.15, 0.2) is 137 Å². The van der Waals surface area contributed by atoms with Crippen molar-refractivity contribution in [2.75, 3.05) is 14.2 Å². The molecule has 47 heavy (non-hydrogen) atoms. The third-order valence-corrected chi connectivity index (χ3v) is 7.46. The first kappa shape index (κ1) is 30.7. The Hall–Kier alpha value is -6.28. The molecule has 0 aliphatic carbocycles. The van der Waals surface area contributed by atoms with E-state index in [1.165, 1.54) is 26.2 Å². The van der Waals surface area contributed by atoms with Crippen molar-refractivity contribution in [2.45, 2.75) is 6.92 Å². The summed E-state index contributed by atoms with van der Waals surface area (Å²) in [6.07, 6.45) is 1.45. The lowest BCUT2D eigenvalue weighted by Crippen LogP contribution is -2.00. The Morgan fingerprint density at radius 1 is 0.596 bits per heavy atom. The van der Waals surface area contributed by atoms with E-state index in [9.17, 15) is 9.59 Å². The highest BCUT2D eigenvalue weighted by molar-refractivity contribution is 5.97. The highest BCUT2D eigenvalue weighted by Crippen LogP contribution is 2.28. The van der Waals surface area contributed by atoms with Gasteiger partial charge in [0.25, 0.3) is 0 Å². The lowest BCUT2D eigenvalue weighted by Gasteiger charge is -2.03. The fourth-order valence-corrected chi connectivity index (χ4v) is 5.03. The molecule has 0 saturated carbocycles. The van der Waals surface area contributed by atoms with Gasteiger partial charge in [-0.2, -0.15) is 0 Å². The lowest BCUT2D eigenvalue weighted by molar-refractivity contribution is 0.0592. The largest absolute Gasteiger partial charge is 0.465 e. The second-order valence-corrected chi connectivity index (χ2v) is 10.6. The molecule has 8 heteroatoms. The predicted molar refractivity (Wildman–Crippen MR) is 182 cm³/mol. The summed E-state index contributed by atoms with van der Waals surface area (Å²) < 4.78 is 20.2. The van der Waals surface area contributed by atoms with Crippen LogP contribution in [0.2, 0.25) is 0 Å². The Morgan fingerprint density at radius 2 is 1.15 bits per heavy atom. The van der Waals surface area contributed by atoms with E-state index in [-0.39, 0.29) is 11.9 Å². The number of ether oxygens (including phenoxy) is 2. The Bertz CT molecular complexity index is 2290. The summed E-state index contributed by atoms with van der Waals surface area (Å²) >= 11 is 0. The first-order valence-corrected chi connectivity index (χ1v) is 14.8. The monoisotopic (exact) mass is 622 g/mol. The fraction of sp³-hybridized carbons (Fsp3) is 0.0769. The Labute approximate surface area is 270 Å². The van der Waals surface area contributed by atoms with Crippen LogP contribution in [0.4, 0.5) is 0 Å². The molecule has 8 nitrogen and oxygen atoms in total. The molecule has 0 atom stereocenters. The van der Waals surface area contributed by atoms with Crippen molar-refractivity contribution in [3.05, 3.63) is 144 Å².